The molecule has 0 saturated carbocycles. The maximum atomic E-state index is 13.7. The van der Waals surface area contributed by atoms with E-state index in [1.165, 1.54) is 12.1 Å². The lowest BCUT2D eigenvalue weighted by Gasteiger charge is -2.16. The van der Waals surface area contributed by atoms with E-state index in [9.17, 15) is 22.0 Å². The molecule has 4 rings (SSSR count). The van der Waals surface area contributed by atoms with Crippen LogP contribution in [0.15, 0.2) is 47.4 Å². The van der Waals surface area contributed by atoms with Crippen LogP contribution in [0.5, 0.6) is 0 Å². The van der Waals surface area contributed by atoms with Crippen molar-refractivity contribution in [2.24, 2.45) is 0 Å². The van der Waals surface area contributed by atoms with E-state index in [1.54, 1.807) is 12.1 Å². The fourth-order valence-electron chi connectivity index (χ4n) is 2.88. The first-order chi connectivity index (χ1) is 12.7. The largest absolute Gasteiger partial charge is 0.319 e. The molecular weight excluding hydrogens is 416 g/mol. The van der Waals surface area contributed by atoms with Gasteiger partial charge in [0.2, 0.25) is 0 Å². The van der Waals surface area contributed by atoms with Gasteiger partial charge in [0.05, 0.1) is 21.2 Å². The summed E-state index contributed by atoms with van der Waals surface area (Å²) in [5.74, 6) is -2.36. The Bertz CT molecular complexity index is 1210. The second kappa shape index (κ2) is 6.40. The Kier molecular flexibility index (Phi) is 4.29. The van der Waals surface area contributed by atoms with Crippen LogP contribution in [0.1, 0.15) is 15.2 Å². The van der Waals surface area contributed by atoms with Gasteiger partial charge in [-0.15, -0.1) is 11.3 Å². The highest BCUT2D eigenvalue weighted by atomic mass is 35.5. The van der Waals surface area contributed by atoms with Crippen LogP contribution in [-0.2, 0) is 15.6 Å². The number of carbonyl (C=O) groups is 1. The molecule has 138 valence electrons. The molecule has 1 N–H and O–H groups in total. The van der Waals surface area contributed by atoms with Crippen molar-refractivity contribution in [1.82, 2.24) is 0 Å². The molecule has 0 bridgehead atoms. The third-order valence-electron chi connectivity index (χ3n) is 4.08. The molecule has 1 aliphatic rings. The number of hydrogen-bond acceptors (Lipinski definition) is 4. The Morgan fingerprint density at radius 1 is 1.11 bits per heavy atom. The highest BCUT2D eigenvalue weighted by Gasteiger charge is 2.31. The lowest BCUT2D eigenvalue weighted by atomic mass is 10.1. The minimum absolute atomic E-state index is 0.118. The van der Waals surface area contributed by atoms with Gasteiger partial charge < -0.3 is 5.32 Å². The number of fused-ring (bicyclic) bond motifs is 3. The number of sulfone groups is 1. The molecule has 3 aromatic rings. The average molecular weight is 426 g/mol. The first-order valence-electron chi connectivity index (χ1n) is 7.66. The van der Waals surface area contributed by atoms with Gasteiger partial charge in [-0.25, -0.2) is 17.2 Å². The van der Waals surface area contributed by atoms with Crippen LogP contribution in [0.25, 0.3) is 10.4 Å². The number of halogens is 3. The van der Waals surface area contributed by atoms with Gasteiger partial charge in [0.1, 0.15) is 11.6 Å². The van der Waals surface area contributed by atoms with Gasteiger partial charge in [-0.1, -0.05) is 17.7 Å². The normalized spacial score (nSPS) is 14.3. The standard InChI is InChI=1S/C18H10ClF2NO3S2/c19-10-1-3-12-16(6-10)27(24,25)8-9-5-15(26-17(9)12)18(23)22-14-7-11(20)2-4-13(14)21/h1-7H,8H2,(H,22,23). The summed E-state index contributed by atoms with van der Waals surface area (Å²) in [7, 11) is -3.58. The Morgan fingerprint density at radius 2 is 1.89 bits per heavy atom. The maximum Gasteiger partial charge on any atom is 0.265 e. The molecule has 1 aromatic heterocycles. The summed E-state index contributed by atoms with van der Waals surface area (Å²) in [6.07, 6.45) is 0. The minimum Gasteiger partial charge on any atom is -0.319 e. The highest BCUT2D eigenvalue weighted by molar-refractivity contribution is 7.91. The van der Waals surface area contributed by atoms with E-state index in [2.05, 4.69) is 5.32 Å². The van der Waals surface area contributed by atoms with E-state index in [0.29, 0.717) is 21.0 Å². The summed E-state index contributed by atoms with van der Waals surface area (Å²) in [6.45, 7) is 0. The molecule has 2 heterocycles. The summed E-state index contributed by atoms with van der Waals surface area (Å²) < 4.78 is 52.0. The van der Waals surface area contributed by atoms with E-state index in [0.717, 1.165) is 29.5 Å². The van der Waals surface area contributed by atoms with Crippen molar-refractivity contribution in [3.8, 4) is 10.4 Å². The first-order valence-corrected chi connectivity index (χ1v) is 10.5. The molecule has 27 heavy (non-hydrogen) atoms. The fourth-order valence-corrected chi connectivity index (χ4v) is 5.99. The summed E-state index contributed by atoms with van der Waals surface area (Å²) >= 11 is 7.00. The van der Waals surface area contributed by atoms with Crippen molar-refractivity contribution in [1.29, 1.82) is 0 Å². The monoisotopic (exact) mass is 425 g/mol. The van der Waals surface area contributed by atoms with Crippen LogP contribution < -0.4 is 5.32 Å². The number of amides is 1. The van der Waals surface area contributed by atoms with Crippen LogP contribution in [0.4, 0.5) is 14.5 Å². The van der Waals surface area contributed by atoms with Gasteiger partial charge in [-0.05, 0) is 35.9 Å². The quantitative estimate of drug-likeness (QED) is 0.636. The molecule has 0 unspecified atom stereocenters. The topological polar surface area (TPSA) is 63.2 Å². The zero-order valence-corrected chi connectivity index (χ0v) is 15.8. The Morgan fingerprint density at radius 3 is 2.67 bits per heavy atom. The fraction of sp³-hybridized carbons (Fsp3) is 0.0556. The number of rotatable bonds is 2. The Hall–Kier alpha value is -2.29. The highest BCUT2D eigenvalue weighted by Crippen LogP contribution is 2.43. The molecule has 0 aliphatic carbocycles. The van der Waals surface area contributed by atoms with Crippen molar-refractivity contribution in [2.75, 3.05) is 5.32 Å². The summed E-state index contributed by atoms with van der Waals surface area (Å²) in [4.78, 5) is 13.4. The molecule has 0 saturated heterocycles. The van der Waals surface area contributed by atoms with Gasteiger partial charge in [-0.3, -0.25) is 4.79 Å². The van der Waals surface area contributed by atoms with Gasteiger partial charge in [-0.2, -0.15) is 0 Å². The van der Waals surface area contributed by atoms with Gasteiger partial charge in [0, 0.05) is 21.5 Å². The zero-order valence-electron chi connectivity index (χ0n) is 13.4. The van der Waals surface area contributed by atoms with Crippen molar-refractivity contribution in [2.45, 2.75) is 10.6 Å². The molecule has 0 spiro atoms. The lowest BCUT2D eigenvalue weighted by molar-refractivity contribution is 0.103. The van der Waals surface area contributed by atoms with E-state index in [-0.39, 0.29) is 21.2 Å². The number of thiophene rings is 1. The predicted octanol–water partition coefficient (Wildman–Crippen LogP) is 4.89. The summed E-state index contributed by atoms with van der Waals surface area (Å²) in [5, 5.41) is 2.62. The van der Waals surface area contributed by atoms with Crippen molar-refractivity contribution >= 4 is 44.4 Å². The third kappa shape index (κ3) is 3.24. The second-order valence-corrected chi connectivity index (χ2v) is 9.39. The molecule has 0 atom stereocenters. The Balaban J connectivity index is 1.74. The molecule has 0 radical (unpaired) electrons. The van der Waals surface area contributed by atoms with Crippen LogP contribution in [0, 0.1) is 11.6 Å². The molecule has 1 aliphatic heterocycles. The minimum atomic E-state index is -3.58. The lowest BCUT2D eigenvalue weighted by Crippen LogP contribution is -2.12. The predicted molar refractivity (Wildman–Crippen MR) is 100.0 cm³/mol. The van der Waals surface area contributed by atoms with E-state index in [1.807, 2.05) is 0 Å². The van der Waals surface area contributed by atoms with Crippen molar-refractivity contribution < 1.29 is 22.0 Å². The molecule has 2 aromatic carbocycles. The van der Waals surface area contributed by atoms with Gasteiger partial charge in [0.25, 0.3) is 5.91 Å². The van der Waals surface area contributed by atoms with E-state index >= 15 is 0 Å². The summed E-state index contributed by atoms with van der Waals surface area (Å²) in [6, 6.07) is 8.75. The van der Waals surface area contributed by atoms with Crippen molar-refractivity contribution in [3.05, 3.63) is 69.6 Å². The number of hydrogen-bond donors (Lipinski definition) is 1. The molecule has 4 nitrogen and oxygen atoms in total. The van der Waals surface area contributed by atoms with Gasteiger partial charge >= 0.3 is 0 Å². The summed E-state index contributed by atoms with van der Waals surface area (Å²) in [5.41, 5.74) is 0.674. The number of nitrogens with one attached hydrogen (secondary N) is 1. The molecule has 9 heteroatoms. The molecular formula is C18H10ClF2NO3S2. The van der Waals surface area contributed by atoms with Crippen LogP contribution >= 0.6 is 22.9 Å². The first kappa shape index (κ1) is 18.1. The average Bonchev–Trinajstić information content (AvgIpc) is 3.01. The number of benzene rings is 2. The van der Waals surface area contributed by atoms with Gasteiger partial charge in [0.15, 0.2) is 9.84 Å². The van der Waals surface area contributed by atoms with Crippen LogP contribution in [0.3, 0.4) is 0 Å². The Labute approximate surface area is 162 Å². The number of anilines is 1. The zero-order chi connectivity index (χ0) is 19.3. The molecule has 0 fully saturated rings. The van der Waals surface area contributed by atoms with Crippen molar-refractivity contribution in [3.63, 3.8) is 0 Å². The van der Waals surface area contributed by atoms with E-state index < -0.39 is 27.4 Å². The molecule has 1 amide bonds. The maximum absolute atomic E-state index is 13.7. The van der Waals surface area contributed by atoms with Crippen LogP contribution in [0.2, 0.25) is 5.02 Å². The van der Waals surface area contributed by atoms with E-state index in [4.69, 9.17) is 11.6 Å². The second-order valence-electron chi connectivity index (χ2n) is 5.94. The van der Waals surface area contributed by atoms with Crippen LogP contribution in [-0.4, -0.2) is 14.3 Å². The number of carbonyl (C=O) groups excluding carboxylic acids is 1. The smallest absolute Gasteiger partial charge is 0.265 e. The SMILES string of the molecule is O=C(Nc1cc(F)ccc1F)c1cc2c(s1)-c1ccc(Cl)cc1S(=O)(=O)C2. The third-order valence-corrected chi connectivity index (χ3v) is 7.22.